The van der Waals surface area contributed by atoms with Gasteiger partial charge in [-0.3, -0.25) is 0 Å². The molecule has 0 aliphatic rings. The number of fused-ring (bicyclic) bond motifs is 1. The number of furan rings is 1. The monoisotopic (exact) mass is 327 g/mol. The Morgan fingerprint density at radius 1 is 1.24 bits per heavy atom. The van der Waals surface area contributed by atoms with Gasteiger partial charge in [-0.25, -0.2) is 4.98 Å². The third-order valence-corrected chi connectivity index (χ3v) is 3.24. The van der Waals surface area contributed by atoms with Crippen molar-refractivity contribution >= 4 is 40.2 Å². The number of hydrogen-bond acceptors (Lipinski definition) is 4. The van der Waals surface area contributed by atoms with Crippen LogP contribution in [-0.2, 0) is 12.6 Å². The Kier molecular flexibility index (Phi) is 7.34. The van der Waals surface area contributed by atoms with Gasteiger partial charge in [0.15, 0.2) is 11.6 Å². The van der Waals surface area contributed by atoms with Crippen molar-refractivity contribution in [3.8, 4) is 11.6 Å². The van der Waals surface area contributed by atoms with Crippen LogP contribution in [0.4, 0.5) is 0 Å². The molecule has 3 aromatic rings. The van der Waals surface area contributed by atoms with Crippen LogP contribution in [0.3, 0.4) is 0 Å². The van der Waals surface area contributed by atoms with E-state index in [-0.39, 0.29) is 29.6 Å². The van der Waals surface area contributed by atoms with Crippen molar-refractivity contribution in [1.29, 1.82) is 0 Å². The Bertz CT molecular complexity index is 662. The summed E-state index contributed by atoms with van der Waals surface area (Å²) in [5.74, 6) is 1.54. The Balaban J connectivity index is 0.000000275. The van der Waals surface area contributed by atoms with E-state index in [2.05, 4.69) is 34.8 Å². The molecule has 2 heterocycles. The average molecular weight is 327 g/mol. The number of benzene rings is 1. The van der Waals surface area contributed by atoms with E-state index in [1.807, 2.05) is 50.5 Å². The molecule has 0 aliphatic carbocycles. The van der Waals surface area contributed by atoms with Crippen LogP contribution in [0.15, 0.2) is 47.1 Å². The summed E-state index contributed by atoms with van der Waals surface area (Å²) in [7, 11) is 3.66. The van der Waals surface area contributed by atoms with E-state index in [9.17, 15) is 0 Å². The van der Waals surface area contributed by atoms with E-state index in [1.54, 1.807) is 11.2 Å². The normalized spacial score (nSPS) is 9.43. The van der Waals surface area contributed by atoms with Crippen LogP contribution >= 0.6 is 12.2 Å². The zero-order valence-electron chi connectivity index (χ0n) is 12.2. The average Bonchev–Trinajstić information content (AvgIpc) is 3.08. The van der Waals surface area contributed by atoms with Crippen LogP contribution in [0, 0.1) is 0 Å². The maximum atomic E-state index is 5.26. The fourth-order valence-electron chi connectivity index (χ4n) is 1.48. The number of aromatic amines is 1. The van der Waals surface area contributed by atoms with Gasteiger partial charge in [0.05, 0.1) is 17.3 Å². The number of para-hydroxylation sites is 2. The molecule has 0 atom stereocenters. The number of nitrogens with one attached hydrogen (secondary N) is 1. The molecule has 2 aromatic heterocycles. The van der Waals surface area contributed by atoms with Gasteiger partial charge in [-0.2, -0.15) is 0 Å². The predicted molar refractivity (Wildman–Crippen MR) is 87.4 cm³/mol. The molecular weight excluding hydrogens is 313 g/mol. The van der Waals surface area contributed by atoms with E-state index in [0.717, 1.165) is 22.6 Å². The van der Waals surface area contributed by atoms with E-state index < -0.39 is 0 Å². The van der Waals surface area contributed by atoms with E-state index in [4.69, 9.17) is 4.42 Å². The molecule has 1 aromatic carbocycles. The molecule has 0 bridgehead atoms. The molecule has 0 fully saturated rings. The largest absolute Gasteiger partial charge is 1.00 e. The fourth-order valence-corrected chi connectivity index (χ4v) is 1.48. The summed E-state index contributed by atoms with van der Waals surface area (Å²) in [6.45, 7) is 0. The molecule has 0 amide bonds. The number of hydrogen-bond donors (Lipinski definition) is 1. The van der Waals surface area contributed by atoms with Crippen LogP contribution in [0.25, 0.3) is 22.6 Å². The molecule has 4 nitrogen and oxygen atoms in total. The van der Waals surface area contributed by atoms with E-state index >= 15 is 0 Å². The molecule has 1 N–H and O–H groups in total. The van der Waals surface area contributed by atoms with E-state index in [0.29, 0.717) is 4.32 Å². The minimum absolute atomic E-state index is 0. The number of thiocarbonyl (C=S) groups is 1. The van der Waals surface area contributed by atoms with Gasteiger partial charge in [-0.15, -0.1) is 0 Å². The van der Waals surface area contributed by atoms with Gasteiger partial charge in [-0.05, 0) is 24.3 Å². The third kappa shape index (κ3) is 5.09. The van der Waals surface area contributed by atoms with Crippen LogP contribution in [-0.4, -0.2) is 33.3 Å². The Morgan fingerprint density at radius 3 is 2.43 bits per heavy atom. The number of nitrogens with zero attached hydrogens (tertiary/aromatic N) is 2. The summed E-state index contributed by atoms with van der Waals surface area (Å²) < 4.78 is 5.76. The molecular formula is C14H14N3NaOS2. The Morgan fingerprint density at radius 2 is 1.90 bits per heavy atom. The first kappa shape index (κ1) is 18.1. The van der Waals surface area contributed by atoms with Crippen molar-refractivity contribution in [3.63, 3.8) is 0 Å². The molecule has 0 saturated heterocycles. The van der Waals surface area contributed by atoms with Crippen molar-refractivity contribution in [2.24, 2.45) is 0 Å². The standard InChI is InChI=1S/C11H8N2O.C3H7NS2.Na/c1-2-5-9-8(4-1)12-11(13-9)10-6-3-7-14-10;1-4(2)3(5)6;/h1-7H,(H,12,13);1-2H3,(H,5,6);/q;;+1/p-1. The summed E-state index contributed by atoms with van der Waals surface area (Å²) in [6, 6.07) is 11.6. The molecule has 3 rings (SSSR count). The topological polar surface area (TPSA) is 45.1 Å². The van der Waals surface area contributed by atoms with Crippen molar-refractivity contribution < 1.29 is 34.0 Å². The van der Waals surface area contributed by atoms with Crippen molar-refractivity contribution in [2.45, 2.75) is 0 Å². The first-order valence-electron chi connectivity index (χ1n) is 5.95. The second-order valence-corrected chi connectivity index (χ2v) is 5.27. The van der Waals surface area contributed by atoms with Gasteiger partial charge in [-0.1, -0.05) is 16.5 Å². The van der Waals surface area contributed by atoms with Gasteiger partial charge in [0.25, 0.3) is 0 Å². The van der Waals surface area contributed by atoms with Gasteiger partial charge < -0.3 is 39.1 Å². The number of imidazole rings is 1. The Hall–Kier alpha value is -0.920. The van der Waals surface area contributed by atoms with Crippen LogP contribution in [0.1, 0.15) is 0 Å². The zero-order valence-corrected chi connectivity index (χ0v) is 15.8. The Labute approximate surface area is 156 Å². The van der Waals surface area contributed by atoms with Gasteiger partial charge >= 0.3 is 29.6 Å². The minimum atomic E-state index is 0. The fraction of sp³-hybridized carbons (Fsp3) is 0.143. The smallest absolute Gasteiger partial charge is 0.461 e. The zero-order chi connectivity index (χ0) is 14.5. The molecule has 0 unspecified atom stereocenters. The van der Waals surface area contributed by atoms with E-state index in [1.165, 1.54) is 0 Å². The molecule has 0 radical (unpaired) electrons. The SMILES string of the molecule is CN(C)C(=S)[S-].[Na+].c1coc(-c2nc3ccccc3[nH]2)c1. The van der Waals surface area contributed by atoms with Crippen molar-refractivity contribution in [3.05, 3.63) is 42.7 Å². The van der Waals surface area contributed by atoms with Crippen molar-refractivity contribution in [2.75, 3.05) is 14.1 Å². The van der Waals surface area contributed by atoms with Crippen LogP contribution in [0.2, 0.25) is 0 Å². The van der Waals surface area contributed by atoms with Gasteiger partial charge in [0, 0.05) is 14.1 Å². The summed E-state index contributed by atoms with van der Waals surface area (Å²) in [5, 5.41) is 0. The summed E-state index contributed by atoms with van der Waals surface area (Å²) in [6.07, 6.45) is 1.64. The predicted octanol–water partition coefficient (Wildman–Crippen LogP) is 0.207. The molecule has 0 spiro atoms. The molecule has 21 heavy (non-hydrogen) atoms. The number of H-pyrrole nitrogens is 1. The second kappa shape index (κ2) is 8.51. The van der Waals surface area contributed by atoms with Crippen molar-refractivity contribution in [1.82, 2.24) is 14.9 Å². The minimum Gasteiger partial charge on any atom is -0.461 e. The number of aromatic nitrogens is 2. The first-order valence-corrected chi connectivity index (χ1v) is 6.76. The first-order chi connectivity index (χ1) is 9.58. The molecule has 0 saturated carbocycles. The third-order valence-electron chi connectivity index (χ3n) is 2.51. The summed E-state index contributed by atoms with van der Waals surface area (Å²) >= 11 is 9.12. The van der Waals surface area contributed by atoms with Crippen LogP contribution < -0.4 is 29.6 Å². The second-order valence-electron chi connectivity index (χ2n) is 4.24. The summed E-state index contributed by atoms with van der Waals surface area (Å²) in [5.41, 5.74) is 1.98. The van der Waals surface area contributed by atoms with Crippen LogP contribution in [0.5, 0.6) is 0 Å². The number of rotatable bonds is 1. The molecule has 104 valence electrons. The quantitative estimate of drug-likeness (QED) is 0.393. The maximum Gasteiger partial charge on any atom is 1.00 e. The van der Waals surface area contributed by atoms with Gasteiger partial charge in [0.2, 0.25) is 0 Å². The van der Waals surface area contributed by atoms with Gasteiger partial charge in [0.1, 0.15) is 0 Å². The molecule has 7 heteroatoms. The summed E-state index contributed by atoms with van der Waals surface area (Å²) in [4.78, 5) is 9.31. The maximum absolute atomic E-state index is 5.26. The molecule has 0 aliphatic heterocycles.